The molecule has 0 aromatic heterocycles. The molecule has 2 bridgehead atoms. The average molecular weight is 210 g/mol. The van der Waals surface area contributed by atoms with Crippen molar-refractivity contribution in [3.05, 3.63) is 54.1 Å². The number of hydrogen-bond donors (Lipinski definition) is 0. The van der Waals surface area contributed by atoms with Gasteiger partial charge < -0.3 is 0 Å². The minimum absolute atomic E-state index is 0.103. The van der Waals surface area contributed by atoms with Crippen molar-refractivity contribution in [3.63, 3.8) is 0 Å². The summed E-state index contributed by atoms with van der Waals surface area (Å²) in [4.78, 5) is 11.9. The first kappa shape index (κ1) is 9.59. The average Bonchev–Trinajstić information content (AvgIpc) is 2.36. The van der Waals surface area contributed by atoms with E-state index >= 15 is 0 Å². The number of hydrogen-bond acceptors (Lipinski definition) is 1. The maximum atomic E-state index is 11.9. The van der Waals surface area contributed by atoms with Crippen molar-refractivity contribution in [2.24, 2.45) is 11.8 Å². The Morgan fingerprint density at radius 3 is 2.75 bits per heavy atom. The summed E-state index contributed by atoms with van der Waals surface area (Å²) >= 11 is 0. The summed E-state index contributed by atoms with van der Waals surface area (Å²) in [5, 5.41) is 0. The lowest BCUT2D eigenvalue weighted by atomic mass is 9.73. The highest BCUT2D eigenvalue weighted by atomic mass is 16.1. The molecule has 80 valence electrons. The molecule has 0 N–H and O–H groups in total. The molecule has 0 amide bonds. The Labute approximate surface area is 95.5 Å². The van der Waals surface area contributed by atoms with Crippen LogP contribution in [0, 0.1) is 11.8 Å². The van der Waals surface area contributed by atoms with Crippen LogP contribution in [0.2, 0.25) is 0 Å². The van der Waals surface area contributed by atoms with Gasteiger partial charge in [0.2, 0.25) is 0 Å². The van der Waals surface area contributed by atoms with Gasteiger partial charge in [-0.05, 0) is 36.0 Å². The van der Waals surface area contributed by atoms with Gasteiger partial charge in [-0.15, -0.1) is 0 Å². The third kappa shape index (κ3) is 1.53. The van der Waals surface area contributed by atoms with Gasteiger partial charge in [-0.1, -0.05) is 42.5 Å². The Bertz CT molecular complexity index is 467. The van der Waals surface area contributed by atoms with Crippen LogP contribution in [0.3, 0.4) is 0 Å². The number of allylic oxidation sites excluding steroid dienone is 4. The van der Waals surface area contributed by atoms with Crippen LogP contribution < -0.4 is 0 Å². The van der Waals surface area contributed by atoms with Crippen LogP contribution in [0.4, 0.5) is 0 Å². The highest BCUT2D eigenvalue weighted by Crippen LogP contribution is 2.39. The second-order valence-electron chi connectivity index (χ2n) is 4.57. The Hall–Kier alpha value is -1.63. The predicted molar refractivity (Wildman–Crippen MR) is 64.8 cm³/mol. The van der Waals surface area contributed by atoms with E-state index in [1.54, 1.807) is 6.08 Å². The molecule has 1 aromatic carbocycles. The van der Waals surface area contributed by atoms with Crippen LogP contribution >= 0.6 is 0 Å². The van der Waals surface area contributed by atoms with E-state index in [4.69, 9.17) is 0 Å². The Balaban J connectivity index is 2.01. The summed E-state index contributed by atoms with van der Waals surface area (Å²) in [5.41, 5.74) is 2.43. The van der Waals surface area contributed by atoms with E-state index in [0.717, 1.165) is 12.8 Å². The summed E-state index contributed by atoms with van der Waals surface area (Å²) in [6.45, 7) is 0. The zero-order valence-corrected chi connectivity index (χ0v) is 9.10. The van der Waals surface area contributed by atoms with Gasteiger partial charge in [0.1, 0.15) is 0 Å². The molecule has 0 saturated heterocycles. The standard InChI is InChI=1S/C15H14O/c16-15-9-7-11-6-8-13(14(15)10-11)12-4-2-1-3-5-12/h1-5,7-9,11,14H,6,10H2/t11-,14+/m1/s1. The maximum Gasteiger partial charge on any atom is 0.162 e. The summed E-state index contributed by atoms with van der Waals surface area (Å²) in [7, 11) is 0. The van der Waals surface area contributed by atoms with Gasteiger partial charge >= 0.3 is 0 Å². The third-order valence-corrected chi connectivity index (χ3v) is 3.54. The molecule has 2 aliphatic carbocycles. The Kier molecular flexibility index (Phi) is 2.24. The fraction of sp³-hybridized carbons (Fsp3) is 0.267. The predicted octanol–water partition coefficient (Wildman–Crippen LogP) is 3.24. The second kappa shape index (κ2) is 3.75. The van der Waals surface area contributed by atoms with Crippen LogP contribution in [0.15, 0.2) is 48.6 Å². The first-order chi connectivity index (χ1) is 7.84. The summed E-state index contributed by atoms with van der Waals surface area (Å²) in [5.74, 6) is 0.951. The first-order valence-electron chi connectivity index (χ1n) is 5.82. The monoisotopic (exact) mass is 210 g/mol. The molecule has 0 aliphatic heterocycles. The summed E-state index contributed by atoms with van der Waals surface area (Å²) in [6.07, 6.45) is 8.15. The van der Waals surface area contributed by atoms with Gasteiger partial charge in [0.25, 0.3) is 0 Å². The van der Waals surface area contributed by atoms with Crippen molar-refractivity contribution in [2.45, 2.75) is 12.8 Å². The molecule has 2 atom stereocenters. The molecule has 0 fully saturated rings. The van der Waals surface area contributed by atoms with E-state index in [-0.39, 0.29) is 11.7 Å². The number of fused-ring (bicyclic) bond motifs is 2. The van der Waals surface area contributed by atoms with E-state index in [1.807, 2.05) is 18.2 Å². The number of benzene rings is 1. The number of carbonyl (C=O) groups excluding carboxylic acids is 1. The molecule has 0 heterocycles. The van der Waals surface area contributed by atoms with Crippen LogP contribution in [-0.4, -0.2) is 5.78 Å². The zero-order chi connectivity index (χ0) is 11.0. The SMILES string of the molecule is O=C1C=C[C@H]2CC=C(c3ccccc3)[C@@H]1C2. The molecule has 1 aromatic rings. The quantitative estimate of drug-likeness (QED) is 0.695. The van der Waals surface area contributed by atoms with Gasteiger partial charge in [-0.25, -0.2) is 0 Å². The van der Waals surface area contributed by atoms with Crippen LogP contribution in [-0.2, 0) is 4.79 Å². The van der Waals surface area contributed by atoms with Crippen LogP contribution in [0.1, 0.15) is 18.4 Å². The second-order valence-corrected chi connectivity index (χ2v) is 4.57. The van der Waals surface area contributed by atoms with Gasteiger partial charge in [-0.3, -0.25) is 4.79 Å². The molecule has 0 saturated carbocycles. The van der Waals surface area contributed by atoms with Gasteiger partial charge in [-0.2, -0.15) is 0 Å². The van der Waals surface area contributed by atoms with Crippen molar-refractivity contribution in [1.29, 1.82) is 0 Å². The van der Waals surface area contributed by atoms with E-state index in [1.165, 1.54) is 11.1 Å². The topological polar surface area (TPSA) is 17.1 Å². The molecular weight excluding hydrogens is 196 g/mol. The van der Waals surface area contributed by atoms with Gasteiger partial charge in [0, 0.05) is 5.92 Å². The molecule has 0 spiro atoms. The molecule has 2 aliphatic rings. The van der Waals surface area contributed by atoms with E-state index < -0.39 is 0 Å². The summed E-state index contributed by atoms with van der Waals surface area (Å²) < 4.78 is 0. The normalized spacial score (nSPS) is 27.8. The van der Waals surface area contributed by atoms with E-state index in [0.29, 0.717) is 5.92 Å². The van der Waals surface area contributed by atoms with Crippen molar-refractivity contribution >= 4 is 11.4 Å². The molecule has 3 rings (SSSR count). The fourth-order valence-electron chi connectivity index (χ4n) is 2.67. The fourth-order valence-corrected chi connectivity index (χ4v) is 2.67. The maximum absolute atomic E-state index is 11.9. The minimum Gasteiger partial charge on any atom is -0.294 e. The van der Waals surface area contributed by atoms with Crippen molar-refractivity contribution in [3.8, 4) is 0 Å². The van der Waals surface area contributed by atoms with Crippen LogP contribution in [0.5, 0.6) is 0 Å². The largest absolute Gasteiger partial charge is 0.294 e. The lowest BCUT2D eigenvalue weighted by Crippen LogP contribution is -2.25. The van der Waals surface area contributed by atoms with Crippen molar-refractivity contribution in [2.75, 3.05) is 0 Å². The van der Waals surface area contributed by atoms with Crippen molar-refractivity contribution in [1.82, 2.24) is 0 Å². The molecule has 0 radical (unpaired) electrons. The molecular formula is C15H14O. The van der Waals surface area contributed by atoms with Crippen molar-refractivity contribution < 1.29 is 4.79 Å². The highest BCUT2D eigenvalue weighted by Gasteiger charge is 2.31. The minimum atomic E-state index is 0.103. The van der Waals surface area contributed by atoms with Gasteiger partial charge in [0.15, 0.2) is 5.78 Å². The third-order valence-electron chi connectivity index (χ3n) is 3.54. The lowest BCUT2D eigenvalue weighted by Gasteiger charge is -2.30. The summed E-state index contributed by atoms with van der Waals surface area (Å²) in [6, 6.07) is 10.3. The molecule has 0 unspecified atom stereocenters. The number of rotatable bonds is 1. The molecule has 1 heteroatoms. The Morgan fingerprint density at radius 1 is 1.12 bits per heavy atom. The smallest absolute Gasteiger partial charge is 0.162 e. The molecule has 16 heavy (non-hydrogen) atoms. The zero-order valence-electron chi connectivity index (χ0n) is 9.10. The van der Waals surface area contributed by atoms with Crippen LogP contribution in [0.25, 0.3) is 5.57 Å². The number of ketones is 1. The number of carbonyl (C=O) groups is 1. The van der Waals surface area contributed by atoms with Gasteiger partial charge in [0.05, 0.1) is 0 Å². The molecule has 1 nitrogen and oxygen atoms in total. The van der Waals surface area contributed by atoms with E-state index in [9.17, 15) is 4.79 Å². The Morgan fingerprint density at radius 2 is 1.94 bits per heavy atom. The lowest BCUT2D eigenvalue weighted by molar-refractivity contribution is -0.117. The first-order valence-corrected chi connectivity index (χ1v) is 5.82. The van der Waals surface area contributed by atoms with E-state index in [2.05, 4.69) is 24.3 Å². The highest BCUT2D eigenvalue weighted by molar-refractivity contribution is 6.01.